The number of fused-ring (bicyclic) bond motifs is 1. The van der Waals surface area contributed by atoms with Gasteiger partial charge in [-0.05, 0) is 60.7 Å². The predicted molar refractivity (Wildman–Crippen MR) is 104 cm³/mol. The van der Waals surface area contributed by atoms with Gasteiger partial charge in [-0.15, -0.1) is 0 Å². The number of hydrogen-bond donors (Lipinski definition) is 1. The molecule has 3 aromatic carbocycles. The number of nitrogens with zero attached hydrogens (tertiary/aromatic N) is 1. The summed E-state index contributed by atoms with van der Waals surface area (Å²) in [6.07, 6.45) is 0. The SMILES string of the molecule is COc1ccc(-c2oc3cc(O)ccc3c2C(=O)c2ccc(C#N)cc2)cc1. The van der Waals surface area contributed by atoms with Crippen LogP contribution in [-0.4, -0.2) is 18.0 Å². The number of rotatable bonds is 4. The lowest BCUT2D eigenvalue weighted by Crippen LogP contribution is -2.02. The Bertz CT molecular complexity index is 1210. The Labute approximate surface area is 161 Å². The summed E-state index contributed by atoms with van der Waals surface area (Å²) in [4.78, 5) is 13.3. The van der Waals surface area contributed by atoms with Crippen LogP contribution in [0.2, 0.25) is 0 Å². The fraction of sp³-hybridized carbons (Fsp3) is 0.0435. The third kappa shape index (κ3) is 2.97. The van der Waals surface area contributed by atoms with Crippen molar-refractivity contribution in [2.24, 2.45) is 0 Å². The number of methoxy groups -OCH3 is 1. The fourth-order valence-corrected chi connectivity index (χ4v) is 3.10. The third-order valence-corrected chi connectivity index (χ3v) is 4.53. The summed E-state index contributed by atoms with van der Waals surface area (Å²) in [7, 11) is 1.58. The van der Waals surface area contributed by atoms with Crippen LogP contribution in [0.4, 0.5) is 0 Å². The van der Waals surface area contributed by atoms with Crippen molar-refractivity contribution in [3.63, 3.8) is 0 Å². The molecule has 0 unspecified atom stereocenters. The minimum Gasteiger partial charge on any atom is -0.508 e. The molecule has 136 valence electrons. The Kier molecular flexibility index (Phi) is 4.30. The first-order valence-electron chi connectivity index (χ1n) is 8.55. The molecule has 1 N–H and O–H groups in total. The van der Waals surface area contributed by atoms with E-state index in [1.54, 1.807) is 49.6 Å². The second-order valence-electron chi connectivity index (χ2n) is 6.23. The number of benzene rings is 3. The number of phenols is 1. The van der Waals surface area contributed by atoms with E-state index in [1.807, 2.05) is 18.2 Å². The number of ketones is 1. The van der Waals surface area contributed by atoms with E-state index in [1.165, 1.54) is 12.1 Å². The van der Waals surface area contributed by atoms with Gasteiger partial charge in [0.05, 0.1) is 24.3 Å². The molecule has 28 heavy (non-hydrogen) atoms. The van der Waals surface area contributed by atoms with E-state index in [0.29, 0.717) is 44.7 Å². The Morgan fingerprint density at radius 1 is 1.04 bits per heavy atom. The molecule has 1 aromatic heterocycles. The number of carbonyl (C=O) groups excluding carboxylic acids is 1. The number of ether oxygens (including phenoxy) is 1. The van der Waals surface area contributed by atoms with E-state index in [-0.39, 0.29) is 11.5 Å². The molecule has 4 aromatic rings. The summed E-state index contributed by atoms with van der Waals surface area (Å²) in [5, 5.41) is 19.4. The van der Waals surface area contributed by atoms with Gasteiger partial charge in [-0.25, -0.2) is 0 Å². The maximum Gasteiger partial charge on any atom is 0.197 e. The third-order valence-electron chi connectivity index (χ3n) is 4.53. The first-order valence-corrected chi connectivity index (χ1v) is 8.55. The Morgan fingerprint density at radius 3 is 2.39 bits per heavy atom. The lowest BCUT2D eigenvalue weighted by Gasteiger charge is -2.05. The molecular formula is C23H15NO4. The van der Waals surface area contributed by atoms with Crippen molar-refractivity contribution in [2.75, 3.05) is 7.11 Å². The Balaban J connectivity index is 1.91. The van der Waals surface area contributed by atoms with Crippen molar-refractivity contribution in [2.45, 2.75) is 0 Å². The molecule has 0 fully saturated rings. The van der Waals surface area contributed by atoms with Crippen LogP contribution in [0, 0.1) is 11.3 Å². The van der Waals surface area contributed by atoms with Gasteiger partial charge in [-0.2, -0.15) is 5.26 Å². The van der Waals surface area contributed by atoms with E-state index in [2.05, 4.69) is 0 Å². The summed E-state index contributed by atoms with van der Waals surface area (Å²) in [6, 6.07) is 20.4. The number of furan rings is 1. The highest BCUT2D eigenvalue weighted by molar-refractivity contribution is 6.19. The van der Waals surface area contributed by atoms with Gasteiger partial charge in [0.15, 0.2) is 5.78 Å². The number of carbonyl (C=O) groups is 1. The van der Waals surface area contributed by atoms with Crippen LogP contribution in [-0.2, 0) is 0 Å². The van der Waals surface area contributed by atoms with Gasteiger partial charge in [0.25, 0.3) is 0 Å². The van der Waals surface area contributed by atoms with E-state index in [0.717, 1.165) is 0 Å². The van der Waals surface area contributed by atoms with E-state index in [9.17, 15) is 9.90 Å². The molecule has 1 heterocycles. The van der Waals surface area contributed by atoms with Gasteiger partial charge >= 0.3 is 0 Å². The summed E-state index contributed by atoms with van der Waals surface area (Å²) in [5.74, 6) is 0.940. The molecule has 5 nitrogen and oxygen atoms in total. The monoisotopic (exact) mass is 369 g/mol. The van der Waals surface area contributed by atoms with Gasteiger partial charge in [0, 0.05) is 22.6 Å². The summed E-state index contributed by atoms with van der Waals surface area (Å²) < 4.78 is 11.1. The molecule has 0 aliphatic rings. The van der Waals surface area contributed by atoms with Gasteiger partial charge < -0.3 is 14.3 Å². The molecule has 4 rings (SSSR count). The highest BCUT2D eigenvalue weighted by Gasteiger charge is 2.23. The van der Waals surface area contributed by atoms with Crippen LogP contribution in [0.25, 0.3) is 22.3 Å². The van der Waals surface area contributed by atoms with Gasteiger partial charge in [0.1, 0.15) is 22.8 Å². The molecule has 0 bridgehead atoms. The van der Waals surface area contributed by atoms with Crippen LogP contribution in [0.3, 0.4) is 0 Å². The Morgan fingerprint density at radius 2 is 1.75 bits per heavy atom. The van der Waals surface area contributed by atoms with Gasteiger partial charge in [0.2, 0.25) is 0 Å². The molecule has 0 radical (unpaired) electrons. The zero-order valence-electron chi connectivity index (χ0n) is 15.0. The highest BCUT2D eigenvalue weighted by Crippen LogP contribution is 2.37. The molecule has 0 aliphatic heterocycles. The molecule has 0 atom stereocenters. The number of aromatic hydroxyl groups is 1. The van der Waals surface area contributed by atoms with Gasteiger partial charge in [-0.1, -0.05) is 0 Å². The van der Waals surface area contributed by atoms with Crippen molar-refractivity contribution in [1.29, 1.82) is 5.26 Å². The van der Waals surface area contributed by atoms with E-state index >= 15 is 0 Å². The lowest BCUT2D eigenvalue weighted by atomic mass is 9.97. The van der Waals surface area contributed by atoms with Crippen molar-refractivity contribution < 1.29 is 19.1 Å². The van der Waals surface area contributed by atoms with E-state index in [4.69, 9.17) is 14.4 Å². The maximum absolute atomic E-state index is 13.3. The van der Waals surface area contributed by atoms with Crippen molar-refractivity contribution in [3.05, 3.63) is 83.4 Å². The average molecular weight is 369 g/mol. The van der Waals surface area contributed by atoms with Gasteiger partial charge in [-0.3, -0.25) is 4.79 Å². The molecule has 0 spiro atoms. The molecule has 5 heteroatoms. The standard InChI is InChI=1S/C23H15NO4/c1-27-18-9-6-16(7-10-18)23-21(19-11-8-17(25)12-20(19)28-23)22(26)15-4-2-14(13-24)3-5-15/h2-12,25H,1H3. The molecule has 0 amide bonds. The molecule has 0 saturated carbocycles. The number of phenolic OH excluding ortho intramolecular Hbond substituents is 1. The molecule has 0 saturated heterocycles. The van der Waals surface area contributed by atoms with Crippen molar-refractivity contribution >= 4 is 16.8 Å². The second kappa shape index (κ2) is 6.93. The van der Waals surface area contributed by atoms with Crippen LogP contribution >= 0.6 is 0 Å². The Hall–Kier alpha value is -4.04. The van der Waals surface area contributed by atoms with Crippen LogP contribution < -0.4 is 4.74 Å². The molecule has 0 aliphatic carbocycles. The van der Waals surface area contributed by atoms with Crippen molar-refractivity contribution in [3.8, 4) is 28.9 Å². The highest BCUT2D eigenvalue weighted by atomic mass is 16.5. The summed E-state index contributed by atoms with van der Waals surface area (Å²) in [5.41, 5.74) is 2.47. The van der Waals surface area contributed by atoms with Crippen LogP contribution in [0.15, 0.2) is 71.1 Å². The molecular weight excluding hydrogens is 354 g/mol. The van der Waals surface area contributed by atoms with Crippen molar-refractivity contribution in [1.82, 2.24) is 0 Å². The smallest absolute Gasteiger partial charge is 0.197 e. The zero-order chi connectivity index (χ0) is 19.7. The minimum absolute atomic E-state index is 0.0555. The number of nitriles is 1. The fourth-order valence-electron chi connectivity index (χ4n) is 3.10. The average Bonchev–Trinajstić information content (AvgIpc) is 3.11. The lowest BCUT2D eigenvalue weighted by molar-refractivity contribution is 0.104. The maximum atomic E-state index is 13.3. The minimum atomic E-state index is -0.222. The van der Waals surface area contributed by atoms with Crippen LogP contribution in [0.1, 0.15) is 21.5 Å². The number of hydrogen-bond acceptors (Lipinski definition) is 5. The second-order valence-corrected chi connectivity index (χ2v) is 6.23. The largest absolute Gasteiger partial charge is 0.508 e. The zero-order valence-corrected chi connectivity index (χ0v) is 15.0. The summed E-state index contributed by atoms with van der Waals surface area (Å²) >= 11 is 0. The normalized spacial score (nSPS) is 10.6. The van der Waals surface area contributed by atoms with Crippen LogP contribution in [0.5, 0.6) is 11.5 Å². The summed E-state index contributed by atoms with van der Waals surface area (Å²) in [6.45, 7) is 0. The first kappa shape index (κ1) is 17.4. The quantitative estimate of drug-likeness (QED) is 0.516. The first-order chi connectivity index (χ1) is 13.6. The topological polar surface area (TPSA) is 83.5 Å². The predicted octanol–water partition coefficient (Wildman–Crippen LogP) is 4.92. The van der Waals surface area contributed by atoms with E-state index < -0.39 is 0 Å².